The van der Waals surface area contributed by atoms with Crippen LogP contribution in [0.25, 0.3) is 10.9 Å². The van der Waals surface area contributed by atoms with Gasteiger partial charge in [-0.1, -0.05) is 11.6 Å². The number of nitrogens with zero attached hydrogens (tertiary/aromatic N) is 1. The minimum atomic E-state index is -0.721. The van der Waals surface area contributed by atoms with Crippen molar-refractivity contribution in [2.75, 3.05) is 0 Å². The third kappa shape index (κ3) is 2.11. The molecule has 1 aromatic carbocycles. The summed E-state index contributed by atoms with van der Waals surface area (Å²) in [6.45, 7) is 4.86. The van der Waals surface area contributed by atoms with Crippen LogP contribution in [-0.4, -0.2) is 15.6 Å². The van der Waals surface area contributed by atoms with Crippen molar-refractivity contribution in [3.63, 3.8) is 0 Å². The molecule has 1 aliphatic rings. The summed E-state index contributed by atoms with van der Waals surface area (Å²) in [6, 6.07) is 4.47. The fraction of sp³-hybridized carbons (Fsp3) is 0.471. The largest absolute Gasteiger partial charge is 0.481 e. The van der Waals surface area contributed by atoms with E-state index < -0.39 is 5.97 Å². The van der Waals surface area contributed by atoms with Crippen LogP contribution in [0.5, 0.6) is 0 Å². The first-order chi connectivity index (χ1) is 9.58. The molecule has 3 heteroatoms. The van der Waals surface area contributed by atoms with Crippen molar-refractivity contribution >= 4 is 16.9 Å². The topological polar surface area (TPSA) is 42.2 Å². The summed E-state index contributed by atoms with van der Waals surface area (Å²) in [5.41, 5.74) is 6.65. The van der Waals surface area contributed by atoms with Gasteiger partial charge in [-0.05, 0) is 56.7 Å². The lowest BCUT2D eigenvalue weighted by Crippen LogP contribution is -2.11. The standard InChI is InChI=1S/C17H21NO2/c1-11-9-12(2)17-14(10-11)13-5-3-4-6-15(13)18(17)8-7-16(19)20/h9-10H,3-8H2,1-2H3,(H,19,20). The van der Waals surface area contributed by atoms with E-state index in [1.54, 1.807) is 0 Å². The Morgan fingerprint density at radius 1 is 1.25 bits per heavy atom. The fourth-order valence-corrected chi connectivity index (χ4v) is 3.61. The van der Waals surface area contributed by atoms with Gasteiger partial charge in [0.15, 0.2) is 0 Å². The van der Waals surface area contributed by atoms with Crippen LogP contribution >= 0.6 is 0 Å². The highest BCUT2D eigenvalue weighted by molar-refractivity contribution is 5.89. The maximum absolute atomic E-state index is 10.9. The molecule has 0 unspecified atom stereocenters. The lowest BCUT2D eigenvalue weighted by atomic mass is 9.94. The molecule has 0 bridgehead atoms. The number of aryl methyl sites for hydroxylation is 4. The first kappa shape index (κ1) is 13.2. The Kier molecular flexibility index (Phi) is 3.28. The van der Waals surface area contributed by atoms with Crippen LogP contribution in [-0.2, 0) is 24.2 Å². The number of carbonyl (C=O) groups is 1. The molecular formula is C17H21NO2. The average molecular weight is 271 g/mol. The number of benzene rings is 1. The van der Waals surface area contributed by atoms with Gasteiger partial charge in [0.1, 0.15) is 0 Å². The van der Waals surface area contributed by atoms with Gasteiger partial charge in [0.25, 0.3) is 0 Å². The maximum atomic E-state index is 10.9. The van der Waals surface area contributed by atoms with E-state index in [4.69, 9.17) is 5.11 Å². The quantitative estimate of drug-likeness (QED) is 0.926. The van der Waals surface area contributed by atoms with E-state index in [-0.39, 0.29) is 6.42 Å². The van der Waals surface area contributed by atoms with Crippen molar-refractivity contribution in [2.45, 2.75) is 52.5 Å². The van der Waals surface area contributed by atoms with E-state index in [2.05, 4.69) is 30.5 Å². The van der Waals surface area contributed by atoms with Crippen LogP contribution in [0.2, 0.25) is 0 Å². The van der Waals surface area contributed by atoms with Gasteiger partial charge in [-0.3, -0.25) is 4.79 Å². The van der Waals surface area contributed by atoms with Crippen molar-refractivity contribution in [1.82, 2.24) is 4.57 Å². The Morgan fingerprint density at radius 3 is 2.75 bits per heavy atom. The molecular weight excluding hydrogens is 250 g/mol. The molecule has 3 nitrogen and oxygen atoms in total. The van der Waals surface area contributed by atoms with E-state index in [0.717, 1.165) is 12.8 Å². The van der Waals surface area contributed by atoms with Gasteiger partial charge in [-0.25, -0.2) is 0 Å². The Labute approximate surface area is 119 Å². The van der Waals surface area contributed by atoms with Crippen LogP contribution < -0.4 is 0 Å². The molecule has 0 saturated heterocycles. The molecule has 0 saturated carbocycles. The molecule has 1 aromatic heterocycles. The molecule has 1 heterocycles. The predicted molar refractivity (Wildman–Crippen MR) is 80.3 cm³/mol. The summed E-state index contributed by atoms with van der Waals surface area (Å²) >= 11 is 0. The summed E-state index contributed by atoms with van der Waals surface area (Å²) in [5.74, 6) is -0.721. The highest BCUT2D eigenvalue weighted by Gasteiger charge is 2.21. The third-order valence-corrected chi connectivity index (χ3v) is 4.35. The van der Waals surface area contributed by atoms with Gasteiger partial charge in [0.2, 0.25) is 0 Å². The second kappa shape index (κ2) is 4.97. The molecule has 0 fully saturated rings. The van der Waals surface area contributed by atoms with E-state index in [1.165, 1.54) is 46.1 Å². The van der Waals surface area contributed by atoms with Crippen LogP contribution in [0.4, 0.5) is 0 Å². The number of rotatable bonds is 3. The molecule has 0 aliphatic heterocycles. The van der Waals surface area contributed by atoms with Gasteiger partial charge < -0.3 is 9.67 Å². The molecule has 3 rings (SSSR count). The second-order valence-corrected chi connectivity index (χ2v) is 5.91. The number of carboxylic acids is 1. The fourth-order valence-electron chi connectivity index (χ4n) is 3.61. The Balaban J connectivity index is 2.23. The second-order valence-electron chi connectivity index (χ2n) is 5.91. The number of carboxylic acid groups (broad SMARTS) is 1. The normalized spacial score (nSPS) is 14.5. The Hall–Kier alpha value is -1.77. The highest BCUT2D eigenvalue weighted by atomic mass is 16.4. The van der Waals surface area contributed by atoms with Crippen molar-refractivity contribution in [3.05, 3.63) is 34.5 Å². The van der Waals surface area contributed by atoms with E-state index in [1.807, 2.05) is 0 Å². The zero-order valence-electron chi connectivity index (χ0n) is 12.2. The minimum Gasteiger partial charge on any atom is -0.481 e. The minimum absolute atomic E-state index is 0.198. The van der Waals surface area contributed by atoms with Crippen molar-refractivity contribution in [2.24, 2.45) is 0 Å². The van der Waals surface area contributed by atoms with Gasteiger partial charge in [-0.2, -0.15) is 0 Å². The lowest BCUT2D eigenvalue weighted by molar-refractivity contribution is -0.137. The molecule has 2 aromatic rings. The van der Waals surface area contributed by atoms with E-state index in [9.17, 15) is 4.79 Å². The number of fused-ring (bicyclic) bond motifs is 3. The summed E-state index contributed by atoms with van der Waals surface area (Å²) in [6.07, 6.45) is 4.88. The number of hydrogen-bond acceptors (Lipinski definition) is 1. The smallest absolute Gasteiger partial charge is 0.305 e. The first-order valence-corrected chi connectivity index (χ1v) is 7.41. The van der Waals surface area contributed by atoms with Crippen LogP contribution in [0.3, 0.4) is 0 Å². The number of aliphatic carboxylic acids is 1. The highest BCUT2D eigenvalue weighted by Crippen LogP contribution is 2.34. The van der Waals surface area contributed by atoms with Gasteiger partial charge in [0.05, 0.1) is 11.9 Å². The summed E-state index contributed by atoms with van der Waals surface area (Å²) in [5, 5.41) is 10.3. The van der Waals surface area contributed by atoms with Crippen LogP contribution in [0.1, 0.15) is 41.6 Å². The molecule has 0 radical (unpaired) electrons. The number of hydrogen-bond donors (Lipinski definition) is 1. The SMILES string of the molecule is Cc1cc(C)c2c(c1)c1c(n2CCC(=O)O)CCCC1. The molecule has 106 valence electrons. The Morgan fingerprint density at radius 2 is 2.00 bits per heavy atom. The Bertz CT molecular complexity index is 682. The molecule has 0 amide bonds. The van der Waals surface area contributed by atoms with Crippen LogP contribution in [0, 0.1) is 13.8 Å². The van der Waals surface area contributed by atoms with Gasteiger partial charge in [-0.15, -0.1) is 0 Å². The predicted octanol–water partition coefficient (Wildman–Crippen LogP) is 3.61. The summed E-state index contributed by atoms with van der Waals surface area (Å²) in [4.78, 5) is 10.9. The molecule has 20 heavy (non-hydrogen) atoms. The van der Waals surface area contributed by atoms with Gasteiger partial charge >= 0.3 is 5.97 Å². The van der Waals surface area contributed by atoms with Gasteiger partial charge in [0, 0.05) is 17.6 Å². The average Bonchev–Trinajstić information content (AvgIpc) is 2.71. The zero-order chi connectivity index (χ0) is 14.3. The monoisotopic (exact) mass is 271 g/mol. The van der Waals surface area contributed by atoms with Crippen LogP contribution in [0.15, 0.2) is 12.1 Å². The summed E-state index contributed by atoms with van der Waals surface area (Å²) < 4.78 is 2.27. The molecule has 0 spiro atoms. The molecule has 1 aliphatic carbocycles. The van der Waals surface area contributed by atoms with E-state index in [0.29, 0.717) is 6.54 Å². The van der Waals surface area contributed by atoms with E-state index >= 15 is 0 Å². The van der Waals surface area contributed by atoms with Crippen molar-refractivity contribution in [1.29, 1.82) is 0 Å². The molecule has 1 N–H and O–H groups in total. The first-order valence-electron chi connectivity index (χ1n) is 7.41. The van der Waals surface area contributed by atoms with Crippen molar-refractivity contribution in [3.8, 4) is 0 Å². The summed E-state index contributed by atoms with van der Waals surface area (Å²) in [7, 11) is 0. The third-order valence-electron chi connectivity index (χ3n) is 4.35. The zero-order valence-corrected chi connectivity index (χ0v) is 12.2. The lowest BCUT2D eigenvalue weighted by Gasteiger charge is -2.15. The van der Waals surface area contributed by atoms with Crippen molar-refractivity contribution < 1.29 is 9.90 Å². The maximum Gasteiger partial charge on any atom is 0.305 e. The molecule has 0 atom stereocenters. The number of aromatic nitrogens is 1.